The lowest BCUT2D eigenvalue weighted by Gasteiger charge is -2.34. The van der Waals surface area contributed by atoms with Crippen molar-refractivity contribution in [3.8, 4) is 0 Å². The molecule has 156 valence electrons. The lowest BCUT2D eigenvalue weighted by atomic mass is 9.94. The summed E-state index contributed by atoms with van der Waals surface area (Å²) in [5.41, 5.74) is 2.69. The number of fused-ring (bicyclic) bond motifs is 1. The van der Waals surface area contributed by atoms with Crippen LogP contribution in [0.15, 0.2) is 42.7 Å². The predicted octanol–water partition coefficient (Wildman–Crippen LogP) is 3.55. The van der Waals surface area contributed by atoms with E-state index in [4.69, 9.17) is 0 Å². The molecule has 29 heavy (non-hydrogen) atoms. The molecule has 0 bridgehead atoms. The number of benzene rings is 1. The van der Waals surface area contributed by atoms with Crippen molar-refractivity contribution >= 4 is 16.6 Å². The minimum atomic E-state index is 0.632. The van der Waals surface area contributed by atoms with Crippen LogP contribution in [-0.4, -0.2) is 55.4 Å². The molecule has 0 saturated carbocycles. The summed E-state index contributed by atoms with van der Waals surface area (Å²) in [7, 11) is 0. The van der Waals surface area contributed by atoms with Gasteiger partial charge in [-0.1, -0.05) is 12.1 Å². The van der Waals surface area contributed by atoms with Crippen molar-refractivity contribution in [2.75, 3.05) is 50.8 Å². The maximum absolute atomic E-state index is 3.49. The molecule has 0 amide bonds. The van der Waals surface area contributed by atoms with Crippen molar-refractivity contribution in [2.45, 2.75) is 38.1 Å². The second-order valence-electron chi connectivity index (χ2n) is 8.95. The molecular formula is C24H35N5. The third kappa shape index (κ3) is 4.23. The van der Waals surface area contributed by atoms with Gasteiger partial charge in [0.15, 0.2) is 0 Å². The number of hydrogen-bond acceptors (Lipinski definition) is 4. The summed E-state index contributed by atoms with van der Waals surface area (Å²) in [6, 6.07) is 9.70. The van der Waals surface area contributed by atoms with Gasteiger partial charge >= 0.3 is 0 Å². The Kier molecular flexibility index (Phi) is 5.88. The van der Waals surface area contributed by atoms with Crippen molar-refractivity contribution in [1.29, 1.82) is 0 Å². The fourth-order valence-electron chi connectivity index (χ4n) is 5.36. The molecule has 1 aromatic carbocycles. The first-order valence-electron chi connectivity index (χ1n) is 11.5. The monoisotopic (exact) mass is 393 g/mol. The molecule has 1 aromatic heterocycles. The number of likely N-dealkylation sites (tertiary alicyclic amines) is 1. The summed E-state index contributed by atoms with van der Waals surface area (Å²) >= 11 is 0. The predicted molar refractivity (Wildman–Crippen MR) is 121 cm³/mol. The first kappa shape index (κ1) is 19.2. The van der Waals surface area contributed by atoms with E-state index in [1.54, 1.807) is 0 Å². The average molecular weight is 394 g/mol. The van der Waals surface area contributed by atoms with Gasteiger partial charge < -0.3 is 19.7 Å². The van der Waals surface area contributed by atoms with Crippen molar-refractivity contribution < 1.29 is 0 Å². The van der Waals surface area contributed by atoms with E-state index < -0.39 is 0 Å². The van der Waals surface area contributed by atoms with Gasteiger partial charge in [0, 0.05) is 43.5 Å². The van der Waals surface area contributed by atoms with Crippen LogP contribution in [0.1, 0.15) is 38.1 Å². The number of rotatable bonds is 5. The van der Waals surface area contributed by atoms with Gasteiger partial charge in [0.2, 0.25) is 0 Å². The third-order valence-corrected chi connectivity index (χ3v) is 7.14. The maximum atomic E-state index is 3.49. The van der Waals surface area contributed by atoms with Gasteiger partial charge in [-0.05, 0) is 75.9 Å². The normalized spacial score (nSPS) is 22.6. The quantitative estimate of drug-likeness (QED) is 0.814. The molecule has 5 nitrogen and oxygen atoms in total. The first-order valence-corrected chi connectivity index (χ1v) is 11.5. The summed E-state index contributed by atoms with van der Waals surface area (Å²) in [6.45, 7) is 8.07. The van der Waals surface area contributed by atoms with Crippen LogP contribution >= 0.6 is 0 Å². The van der Waals surface area contributed by atoms with Crippen LogP contribution in [0, 0.1) is 5.92 Å². The van der Waals surface area contributed by atoms with Gasteiger partial charge in [-0.3, -0.25) is 5.32 Å². The van der Waals surface area contributed by atoms with Crippen LogP contribution in [0.25, 0.3) is 10.9 Å². The summed E-state index contributed by atoms with van der Waals surface area (Å²) in [5.74, 6) is 0.944. The Morgan fingerprint density at radius 3 is 2.62 bits per heavy atom. The van der Waals surface area contributed by atoms with Crippen LogP contribution in [0.2, 0.25) is 0 Å². The molecule has 2 aromatic rings. The zero-order valence-electron chi connectivity index (χ0n) is 17.5. The van der Waals surface area contributed by atoms with E-state index in [-0.39, 0.29) is 0 Å². The van der Waals surface area contributed by atoms with E-state index in [0.717, 1.165) is 19.1 Å². The SMILES string of the molecule is C1=CN(c2cccc3c2ccn3C2CCN(CCC3CCNCC3)CC2)CNC1. The molecule has 4 heterocycles. The Morgan fingerprint density at radius 1 is 0.966 bits per heavy atom. The zero-order chi connectivity index (χ0) is 19.5. The number of piperidine rings is 2. The maximum Gasteiger partial charge on any atom is 0.0728 e. The number of nitrogens with zero attached hydrogens (tertiary/aromatic N) is 3. The molecular weight excluding hydrogens is 358 g/mol. The van der Waals surface area contributed by atoms with E-state index in [2.05, 4.69) is 67.7 Å². The molecule has 2 N–H and O–H groups in total. The van der Waals surface area contributed by atoms with Crippen LogP contribution in [0.4, 0.5) is 5.69 Å². The summed E-state index contributed by atoms with van der Waals surface area (Å²) in [5, 5.41) is 8.29. The Hall–Kier alpha value is -1.82. The Morgan fingerprint density at radius 2 is 1.83 bits per heavy atom. The smallest absolute Gasteiger partial charge is 0.0728 e. The van der Waals surface area contributed by atoms with E-state index in [9.17, 15) is 0 Å². The zero-order valence-corrected chi connectivity index (χ0v) is 17.5. The van der Waals surface area contributed by atoms with Gasteiger partial charge in [-0.25, -0.2) is 0 Å². The highest BCUT2D eigenvalue weighted by molar-refractivity contribution is 5.93. The summed E-state index contributed by atoms with van der Waals surface area (Å²) in [6.07, 6.45) is 13.4. The van der Waals surface area contributed by atoms with E-state index in [1.165, 1.54) is 81.4 Å². The first-order chi connectivity index (χ1) is 14.4. The van der Waals surface area contributed by atoms with Crippen LogP contribution < -0.4 is 15.5 Å². The average Bonchev–Trinajstić information content (AvgIpc) is 3.24. The largest absolute Gasteiger partial charge is 0.344 e. The molecule has 5 rings (SSSR count). The highest BCUT2D eigenvalue weighted by Crippen LogP contribution is 2.33. The van der Waals surface area contributed by atoms with Gasteiger partial charge in [-0.2, -0.15) is 0 Å². The number of aromatic nitrogens is 1. The van der Waals surface area contributed by atoms with Gasteiger partial charge in [0.05, 0.1) is 17.9 Å². The number of hydrogen-bond donors (Lipinski definition) is 2. The molecule has 0 aliphatic carbocycles. The number of nitrogens with one attached hydrogen (secondary N) is 2. The fourth-order valence-corrected chi connectivity index (χ4v) is 5.36. The van der Waals surface area contributed by atoms with Gasteiger partial charge in [0.25, 0.3) is 0 Å². The molecule has 0 unspecified atom stereocenters. The second-order valence-corrected chi connectivity index (χ2v) is 8.95. The molecule has 0 atom stereocenters. The van der Waals surface area contributed by atoms with Crippen molar-refractivity contribution in [1.82, 2.24) is 20.1 Å². The topological polar surface area (TPSA) is 35.5 Å². The Bertz CT molecular complexity index is 827. The van der Waals surface area contributed by atoms with Crippen molar-refractivity contribution in [2.24, 2.45) is 5.92 Å². The van der Waals surface area contributed by atoms with Crippen molar-refractivity contribution in [3.05, 3.63) is 42.7 Å². The molecule has 2 fully saturated rings. The molecule has 3 aliphatic heterocycles. The molecule has 0 radical (unpaired) electrons. The van der Waals surface area contributed by atoms with Crippen molar-refractivity contribution in [3.63, 3.8) is 0 Å². The Labute approximate surface area is 174 Å². The standard InChI is InChI=1S/C24H35N5/c1-3-23(28-14-2-11-26-19-28)22-10-18-29(24(22)4-1)21-8-16-27(17-9-21)15-7-20-5-12-25-13-6-20/h1-4,10,14,18,20-21,25-26H,5-9,11-13,15-17,19H2. The lowest BCUT2D eigenvalue weighted by Crippen LogP contribution is -2.37. The molecule has 5 heteroatoms. The third-order valence-electron chi connectivity index (χ3n) is 7.14. The summed E-state index contributed by atoms with van der Waals surface area (Å²) in [4.78, 5) is 5.03. The van der Waals surface area contributed by atoms with E-state index >= 15 is 0 Å². The van der Waals surface area contributed by atoms with Crippen LogP contribution in [0.5, 0.6) is 0 Å². The Balaban J connectivity index is 1.23. The van der Waals surface area contributed by atoms with E-state index in [0.29, 0.717) is 6.04 Å². The molecule has 3 aliphatic rings. The highest BCUT2D eigenvalue weighted by Gasteiger charge is 2.23. The molecule has 2 saturated heterocycles. The minimum Gasteiger partial charge on any atom is -0.344 e. The van der Waals surface area contributed by atoms with Crippen LogP contribution in [0.3, 0.4) is 0 Å². The van der Waals surface area contributed by atoms with E-state index in [1.807, 2.05) is 0 Å². The highest BCUT2D eigenvalue weighted by atomic mass is 15.2. The molecule has 0 spiro atoms. The number of anilines is 1. The fraction of sp³-hybridized carbons (Fsp3) is 0.583. The van der Waals surface area contributed by atoms with Gasteiger partial charge in [-0.15, -0.1) is 0 Å². The van der Waals surface area contributed by atoms with Gasteiger partial charge in [0.1, 0.15) is 0 Å². The summed E-state index contributed by atoms with van der Waals surface area (Å²) < 4.78 is 2.55. The lowest BCUT2D eigenvalue weighted by molar-refractivity contribution is 0.172. The minimum absolute atomic E-state index is 0.632. The van der Waals surface area contributed by atoms with Crippen LogP contribution in [-0.2, 0) is 0 Å². The second kappa shape index (κ2) is 8.90.